The van der Waals surface area contributed by atoms with Crippen LogP contribution in [0.25, 0.3) is 0 Å². The predicted octanol–water partition coefficient (Wildman–Crippen LogP) is 15.6. The molecule has 1 aliphatic rings. The second kappa shape index (κ2) is 42.2. The fourth-order valence-electron chi connectivity index (χ4n) is 9.30. The van der Waals surface area contributed by atoms with Gasteiger partial charge in [0.25, 0.3) is 0 Å². The summed E-state index contributed by atoms with van der Waals surface area (Å²) in [5.41, 5.74) is 0. The Morgan fingerprint density at radius 1 is 0.424 bits per heavy atom. The molecule has 0 aromatic rings. The number of ether oxygens (including phenoxy) is 3. The molecule has 0 saturated carbocycles. The molecule has 4 atom stereocenters. The molecule has 1 saturated heterocycles. The average Bonchev–Trinajstić information content (AvgIpc) is 3.24. The van der Waals surface area contributed by atoms with E-state index in [1.54, 1.807) is 0 Å². The SMILES string of the molecule is CCCCCCCCC(CCCCCC)C(=O)OCCCCC1CC(CCCCOC(=O)C(CCCCCC)CCCCCCCC)CN(CCCCOCCCC)C1. The number of carbonyl (C=O) groups excluding carboxylic acids is 2. The van der Waals surface area contributed by atoms with E-state index >= 15 is 0 Å². The molecule has 6 heteroatoms. The highest BCUT2D eigenvalue weighted by Gasteiger charge is 2.27. The van der Waals surface area contributed by atoms with Crippen LogP contribution in [0.1, 0.15) is 259 Å². The third kappa shape index (κ3) is 33.1. The van der Waals surface area contributed by atoms with Crippen LogP contribution in [0.3, 0.4) is 0 Å². The van der Waals surface area contributed by atoms with Crippen molar-refractivity contribution in [3.63, 3.8) is 0 Å². The molecule has 59 heavy (non-hydrogen) atoms. The molecule has 0 aromatic carbocycles. The van der Waals surface area contributed by atoms with E-state index in [0.717, 1.165) is 110 Å². The molecule has 0 aliphatic carbocycles. The maximum absolute atomic E-state index is 13.2. The molecular formula is C53H103NO5. The van der Waals surface area contributed by atoms with Crippen LogP contribution in [-0.4, -0.2) is 62.9 Å². The van der Waals surface area contributed by atoms with Gasteiger partial charge in [-0.15, -0.1) is 0 Å². The highest BCUT2D eigenvalue weighted by molar-refractivity contribution is 5.72. The van der Waals surface area contributed by atoms with Gasteiger partial charge in [-0.1, -0.05) is 169 Å². The Balaban J connectivity index is 2.59. The summed E-state index contributed by atoms with van der Waals surface area (Å²) >= 11 is 0. The Labute approximate surface area is 368 Å². The number of hydrogen-bond donors (Lipinski definition) is 0. The lowest BCUT2D eigenvalue weighted by Crippen LogP contribution is -2.41. The van der Waals surface area contributed by atoms with Gasteiger partial charge in [-0.2, -0.15) is 0 Å². The van der Waals surface area contributed by atoms with E-state index in [1.165, 1.54) is 148 Å². The fraction of sp³-hybridized carbons (Fsp3) is 0.962. The molecule has 6 nitrogen and oxygen atoms in total. The van der Waals surface area contributed by atoms with Gasteiger partial charge in [-0.25, -0.2) is 0 Å². The first-order valence-electron chi connectivity index (χ1n) is 26.6. The van der Waals surface area contributed by atoms with E-state index in [4.69, 9.17) is 14.2 Å². The Bertz CT molecular complexity index is 850. The minimum Gasteiger partial charge on any atom is -0.465 e. The van der Waals surface area contributed by atoms with E-state index in [1.807, 2.05) is 0 Å². The zero-order valence-corrected chi connectivity index (χ0v) is 40.5. The van der Waals surface area contributed by atoms with Gasteiger partial charge in [0, 0.05) is 26.3 Å². The molecule has 1 heterocycles. The highest BCUT2D eigenvalue weighted by Crippen LogP contribution is 2.30. The minimum atomic E-state index is 0.0728. The summed E-state index contributed by atoms with van der Waals surface area (Å²) in [5.74, 6) is 1.74. The van der Waals surface area contributed by atoms with Gasteiger partial charge in [0.1, 0.15) is 0 Å². The third-order valence-corrected chi connectivity index (χ3v) is 13.1. The Hall–Kier alpha value is -1.14. The van der Waals surface area contributed by atoms with Crippen LogP contribution in [0.2, 0.25) is 0 Å². The molecule has 4 unspecified atom stereocenters. The quantitative estimate of drug-likeness (QED) is 0.0450. The zero-order valence-electron chi connectivity index (χ0n) is 40.5. The first-order chi connectivity index (χ1) is 29.0. The van der Waals surface area contributed by atoms with Crippen LogP contribution in [-0.2, 0) is 23.8 Å². The van der Waals surface area contributed by atoms with Crippen molar-refractivity contribution in [1.29, 1.82) is 0 Å². The summed E-state index contributed by atoms with van der Waals surface area (Å²) in [6, 6.07) is 0. The number of piperidine rings is 1. The summed E-state index contributed by atoms with van der Waals surface area (Å²) in [6.07, 6.45) is 41.7. The molecule has 0 spiro atoms. The Kier molecular flexibility index (Phi) is 39.9. The van der Waals surface area contributed by atoms with Crippen molar-refractivity contribution < 1.29 is 23.8 Å². The predicted molar refractivity (Wildman–Crippen MR) is 253 cm³/mol. The summed E-state index contributed by atoms with van der Waals surface area (Å²) in [4.78, 5) is 29.2. The lowest BCUT2D eigenvalue weighted by atomic mass is 9.83. The maximum Gasteiger partial charge on any atom is 0.308 e. The number of nitrogens with zero attached hydrogens (tertiary/aromatic N) is 1. The molecule has 1 rings (SSSR count). The van der Waals surface area contributed by atoms with Crippen LogP contribution in [0.4, 0.5) is 0 Å². The number of rotatable bonds is 44. The minimum absolute atomic E-state index is 0.0728. The molecule has 1 aliphatic heterocycles. The van der Waals surface area contributed by atoms with Crippen molar-refractivity contribution in [2.45, 2.75) is 259 Å². The van der Waals surface area contributed by atoms with Crippen molar-refractivity contribution in [2.75, 3.05) is 46.1 Å². The van der Waals surface area contributed by atoms with E-state index in [2.05, 4.69) is 39.5 Å². The molecular weight excluding hydrogens is 731 g/mol. The molecule has 0 bridgehead atoms. The lowest BCUT2D eigenvalue weighted by Gasteiger charge is -2.38. The van der Waals surface area contributed by atoms with Crippen LogP contribution in [0, 0.1) is 23.7 Å². The topological polar surface area (TPSA) is 65.1 Å². The number of likely N-dealkylation sites (tertiary alicyclic amines) is 1. The van der Waals surface area contributed by atoms with Gasteiger partial charge in [0.2, 0.25) is 0 Å². The number of carbonyl (C=O) groups is 2. The van der Waals surface area contributed by atoms with Crippen molar-refractivity contribution >= 4 is 11.9 Å². The zero-order chi connectivity index (χ0) is 42.9. The maximum atomic E-state index is 13.2. The van der Waals surface area contributed by atoms with Crippen molar-refractivity contribution in [3.05, 3.63) is 0 Å². The second-order valence-corrected chi connectivity index (χ2v) is 18.9. The second-order valence-electron chi connectivity index (χ2n) is 18.9. The standard InChI is InChI=1S/C53H103NO5/c1-6-11-16-20-22-26-38-50(36-24-18-13-8-3)52(55)58-43-31-28-34-48-45-49(47-54(46-48)40-30-33-42-57-41-15-10-5)35-29-32-44-59-53(56)51(37-25-19-14-9-4)39-27-23-21-17-12-7-2/h48-51H,6-47H2,1-5H3. The van der Waals surface area contributed by atoms with Gasteiger partial charge >= 0.3 is 11.9 Å². The van der Waals surface area contributed by atoms with Crippen molar-refractivity contribution in [1.82, 2.24) is 4.90 Å². The van der Waals surface area contributed by atoms with E-state index < -0.39 is 0 Å². The van der Waals surface area contributed by atoms with E-state index in [9.17, 15) is 9.59 Å². The normalized spacial score (nSPS) is 17.0. The smallest absolute Gasteiger partial charge is 0.308 e. The van der Waals surface area contributed by atoms with Crippen molar-refractivity contribution in [2.24, 2.45) is 23.7 Å². The Morgan fingerprint density at radius 3 is 1.20 bits per heavy atom. The van der Waals surface area contributed by atoms with Gasteiger partial charge in [0.15, 0.2) is 0 Å². The van der Waals surface area contributed by atoms with Crippen molar-refractivity contribution in [3.8, 4) is 0 Å². The molecule has 1 fully saturated rings. The molecule has 350 valence electrons. The van der Waals surface area contributed by atoms with Gasteiger partial charge < -0.3 is 19.1 Å². The van der Waals surface area contributed by atoms with Crippen LogP contribution < -0.4 is 0 Å². The highest BCUT2D eigenvalue weighted by atomic mass is 16.5. The molecule has 0 amide bonds. The van der Waals surface area contributed by atoms with Crippen LogP contribution in [0.15, 0.2) is 0 Å². The number of hydrogen-bond acceptors (Lipinski definition) is 6. The van der Waals surface area contributed by atoms with Crippen LogP contribution >= 0.6 is 0 Å². The third-order valence-electron chi connectivity index (χ3n) is 13.1. The van der Waals surface area contributed by atoms with E-state index in [-0.39, 0.29) is 23.8 Å². The first-order valence-corrected chi connectivity index (χ1v) is 26.6. The molecule has 0 N–H and O–H groups in total. The summed E-state index contributed by atoms with van der Waals surface area (Å²) < 4.78 is 17.8. The summed E-state index contributed by atoms with van der Waals surface area (Å²) in [5, 5.41) is 0. The average molecular weight is 834 g/mol. The summed E-state index contributed by atoms with van der Waals surface area (Å²) in [6.45, 7) is 17.8. The Morgan fingerprint density at radius 2 is 0.780 bits per heavy atom. The summed E-state index contributed by atoms with van der Waals surface area (Å²) in [7, 11) is 0. The first kappa shape index (κ1) is 55.9. The monoisotopic (exact) mass is 834 g/mol. The van der Waals surface area contributed by atoms with Crippen LogP contribution in [0.5, 0.6) is 0 Å². The number of esters is 2. The molecule has 0 aromatic heterocycles. The van der Waals surface area contributed by atoms with Gasteiger partial charge in [0.05, 0.1) is 25.0 Å². The lowest BCUT2D eigenvalue weighted by molar-refractivity contribution is -0.150. The number of unbranched alkanes of at least 4 members (excludes halogenated alkanes) is 20. The largest absolute Gasteiger partial charge is 0.465 e. The van der Waals surface area contributed by atoms with Gasteiger partial charge in [-0.3, -0.25) is 9.59 Å². The molecule has 0 radical (unpaired) electrons. The fourth-order valence-corrected chi connectivity index (χ4v) is 9.30. The van der Waals surface area contributed by atoms with E-state index in [0.29, 0.717) is 25.0 Å². The van der Waals surface area contributed by atoms with Gasteiger partial charge in [-0.05, 0) is 108 Å².